The van der Waals surface area contributed by atoms with Gasteiger partial charge in [0.15, 0.2) is 0 Å². The van der Waals surface area contributed by atoms with E-state index in [0.717, 1.165) is 0 Å². The van der Waals surface area contributed by atoms with Gasteiger partial charge in [-0.3, -0.25) is 0 Å². The van der Waals surface area contributed by atoms with Crippen molar-refractivity contribution in [2.45, 2.75) is 57.5 Å². The lowest BCUT2D eigenvalue weighted by atomic mass is 10.1. The fraction of sp³-hybridized carbons (Fsp3) is 0.909. The monoisotopic (exact) mass is 232 g/mol. The molecule has 14 heavy (non-hydrogen) atoms. The highest BCUT2D eigenvalue weighted by molar-refractivity contribution is 8.22. The van der Waals surface area contributed by atoms with Gasteiger partial charge in [0.05, 0.1) is 0 Å². The number of ether oxygens (including phenoxy) is 1. The zero-order valence-electron chi connectivity index (χ0n) is 8.96. The summed E-state index contributed by atoms with van der Waals surface area (Å²) in [5.74, 6) is 0. The van der Waals surface area contributed by atoms with E-state index >= 15 is 0 Å². The molecule has 1 rings (SSSR count). The van der Waals surface area contributed by atoms with E-state index in [2.05, 4.69) is 0 Å². The number of hydrogen-bond acceptors (Lipinski definition) is 3. The molecule has 0 bridgehead atoms. The summed E-state index contributed by atoms with van der Waals surface area (Å²) in [6.07, 6.45) is 12.9. The summed E-state index contributed by atoms with van der Waals surface area (Å²) < 4.78 is 6.44. The maximum atomic E-state index is 5.73. The Balaban J connectivity index is 2.28. The van der Waals surface area contributed by atoms with Gasteiger partial charge in [0, 0.05) is 0 Å². The standard InChI is InChI=1S/C11H20OS2/c1-14-11(13)12-10-8-6-4-2-3-5-7-9-10/h10H,2-9H2,1H3. The van der Waals surface area contributed by atoms with Gasteiger partial charge in [-0.1, -0.05) is 37.4 Å². The lowest BCUT2D eigenvalue weighted by molar-refractivity contribution is 0.174. The molecule has 1 nitrogen and oxygen atoms in total. The summed E-state index contributed by atoms with van der Waals surface area (Å²) in [6, 6.07) is 0. The van der Waals surface area contributed by atoms with Crippen LogP contribution in [0.3, 0.4) is 0 Å². The molecule has 0 spiro atoms. The van der Waals surface area contributed by atoms with E-state index in [-0.39, 0.29) is 0 Å². The second-order valence-corrected chi connectivity index (χ2v) is 5.30. The van der Waals surface area contributed by atoms with Crippen LogP contribution in [0.25, 0.3) is 0 Å². The minimum absolute atomic E-state index is 0.396. The van der Waals surface area contributed by atoms with Gasteiger partial charge in [-0.2, -0.15) is 0 Å². The highest BCUT2D eigenvalue weighted by atomic mass is 32.2. The molecule has 1 aliphatic carbocycles. The Labute approximate surface area is 97.0 Å². The van der Waals surface area contributed by atoms with E-state index in [1.807, 2.05) is 6.26 Å². The molecule has 82 valence electrons. The summed E-state index contributed by atoms with van der Waals surface area (Å²) in [4.78, 5) is 0. The average molecular weight is 232 g/mol. The first-order valence-electron chi connectivity index (χ1n) is 5.57. The smallest absolute Gasteiger partial charge is 0.219 e. The average Bonchev–Trinajstić information content (AvgIpc) is 2.31. The van der Waals surface area contributed by atoms with Crippen LogP contribution in [0.5, 0.6) is 0 Å². The van der Waals surface area contributed by atoms with Crippen molar-refractivity contribution in [2.24, 2.45) is 0 Å². The van der Waals surface area contributed by atoms with E-state index in [1.54, 1.807) is 11.8 Å². The molecule has 0 aromatic rings. The van der Waals surface area contributed by atoms with Crippen LogP contribution < -0.4 is 0 Å². The molecule has 0 unspecified atom stereocenters. The number of hydrogen-bond donors (Lipinski definition) is 0. The molecular weight excluding hydrogens is 212 g/mol. The second kappa shape index (κ2) is 7.52. The van der Waals surface area contributed by atoms with E-state index in [0.29, 0.717) is 10.5 Å². The molecule has 0 atom stereocenters. The molecule has 0 saturated heterocycles. The van der Waals surface area contributed by atoms with Crippen molar-refractivity contribution in [3.8, 4) is 0 Å². The van der Waals surface area contributed by atoms with Gasteiger partial charge in [-0.15, -0.1) is 0 Å². The second-order valence-electron chi connectivity index (χ2n) is 3.89. The first-order chi connectivity index (χ1) is 6.83. The summed E-state index contributed by atoms with van der Waals surface area (Å²) in [5.41, 5.74) is 0. The molecule has 0 N–H and O–H groups in total. The number of thiocarbonyl (C=S) groups is 1. The van der Waals surface area contributed by atoms with E-state index < -0.39 is 0 Å². The molecule has 0 radical (unpaired) electrons. The van der Waals surface area contributed by atoms with Crippen LogP contribution >= 0.6 is 24.0 Å². The minimum Gasteiger partial charge on any atom is -0.475 e. The third-order valence-electron chi connectivity index (χ3n) is 2.73. The number of rotatable bonds is 1. The van der Waals surface area contributed by atoms with Crippen LogP contribution in [0.2, 0.25) is 0 Å². The molecule has 0 aromatic carbocycles. The molecule has 1 fully saturated rings. The van der Waals surface area contributed by atoms with E-state index in [4.69, 9.17) is 17.0 Å². The van der Waals surface area contributed by atoms with Gasteiger partial charge >= 0.3 is 0 Å². The van der Waals surface area contributed by atoms with Crippen LogP contribution in [-0.2, 0) is 4.74 Å². The third kappa shape index (κ3) is 5.20. The summed E-state index contributed by atoms with van der Waals surface area (Å²) >= 11 is 6.63. The largest absolute Gasteiger partial charge is 0.475 e. The normalized spacial score (nSPS) is 20.6. The highest BCUT2D eigenvalue weighted by Crippen LogP contribution is 2.20. The molecule has 3 heteroatoms. The molecular formula is C11H20OS2. The molecule has 0 amide bonds. The summed E-state index contributed by atoms with van der Waals surface area (Å²) in [5, 5.41) is 0. The topological polar surface area (TPSA) is 9.23 Å². The van der Waals surface area contributed by atoms with Gasteiger partial charge in [-0.05, 0) is 44.2 Å². The molecule has 0 aromatic heterocycles. The quantitative estimate of drug-likeness (QED) is 0.628. The lowest BCUT2D eigenvalue weighted by Crippen LogP contribution is -2.14. The van der Waals surface area contributed by atoms with Gasteiger partial charge in [-0.25, -0.2) is 0 Å². The van der Waals surface area contributed by atoms with Crippen molar-refractivity contribution < 1.29 is 4.74 Å². The molecule has 1 saturated carbocycles. The maximum absolute atomic E-state index is 5.73. The Bertz CT molecular complexity index is 161. The highest BCUT2D eigenvalue weighted by Gasteiger charge is 2.12. The predicted molar refractivity (Wildman–Crippen MR) is 67.9 cm³/mol. The van der Waals surface area contributed by atoms with Crippen molar-refractivity contribution in [2.75, 3.05) is 6.26 Å². The van der Waals surface area contributed by atoms with Crippen molar-refractivity contribution in [1.82, 2.24) is 0 Å². The fourth-order valence-electron chi connectivity index (χ4n) is 1.90. The third-order valence-corrected chi connectivity index (χ3v) is 3.76. The zero-order valence-corrected chi connectivity index (χ0v) is 10.6. The fourth-order valence-corrected chi connectivity index (χ4v) is 2.27. The Morgan fingerprint density at radius 3 is 2.07 bits per heavy atom. The van der Waals surface area contributed by atoms with Crippen molar-refractivity contribution in [3.05, 3.63) is 0 Å². The molecule has 0 heterocycles. The minimum atomic E-state index is 0.396. The van der Waals surface area contributed by atoms with Gasteiger partial charge < -0.3 is 4.74 Å². The van der Waals surface area contributed by atoms with Crippen molar-refractivity contribution in [3.63, 3.8) is 0 Å². The first kappa shape index (κ1) is 12.3. The van der Waals surface area contributed by atoms with Crippen molar-refractivity contribution in [1.29, 1.82) is 0 Å². The van der Waals surface area contributed by atoms with Crippen LogP contribution in [0.4, 0.5) is 0 Å². The lowest BCUT2D eigenvalue weighted by Gasteiger charge is -2.17. The number of thioether (sulfide) groups is 1. The van der Waals surface area contributed by atoms with Crippen LogP contribution in [0, 0.1) is 0 Å². The Morgan fingerprint density at radius 1 is 1.07 bits per heavy atom. The first-order valence-corrected chi connectivity index (χ1v) is 7.21. The Morgan fingerprint density at radius 2 is 1.57 bits per heavy atom. The van der Waals surface area contributed by atoms with Crippen LogP contribution in [0.15, 0.2) is 0 Å². The van der Waals surface area contributed by atoms with Gasteiger partial charge in [0.25, 0.3) is 0 Å². The van der Waals surface area contributed by atoms with E-state index in [9.17, 15) is 0 Å². The Kier molecular flexibility index (Phi) is 6.61. The Hall–Kier alpha value is 0.240. The maximum Gasteiger partial charge on any atom is 0.219 e. The summed E-state index contributed by atoms with van der Waals surface area (Å²) in [6.45, 7) is 0. The van der Waals surface area contributed by atoms with Gasteiger partial charge in [0.2, 0.25) is 4.38 Å². The zero-order chi connectivity index (χ0) is 10.2. The summed E-state index contributed by atoms with van der Waals surface area (Å²) in [7, 11) is 0. The van der Waals surface area contributed by atoms with Gasteiger partial charge in [0.1, 0.15) is 6.10 Å². The SMILES string of the molecule is CSC(=S)OC1CCCCCCCC1. The molecule has 0 aliphatic heterocycles. The van der Waals surface area contributed by atoms with Crippen molar-refractivity contribution >= 4 is 28.4 Å². The predicted octanol–water partition coefficient (Wildman–Crippen LogP) is 4.15. The molecule has 1 aliphatic rings. The van der Waals surface area contributed by atoms with E-state index in [1.165, 1.54) is 51.4 Å². The van der Waals surface area contributed by atoms with Crippen LogP contribution in [-0.4, -0.2) is 16.7 Å². The van der Waals surface area contributed by atoms with Crippen LogP contribution in [0.1, 0.15) is 51.4 Å².